The van der Waals surface area contributed by atoms with Crippen LogP contribution in [0.4, 0.5) is 5.69 Å². The first-order chi connectivity index (χ1) is 12.0. The summed E-state index contributed by atoms with van der Waals surface area (Å²) >= 11 is 0. The molecule has 0 aliphatic carbocycles. The number of piperidine rings is 2. The summed E-state index contributed by atoms with van der Waals surface area (Å²) in [5, 5.41) is 3.03. The third-order valence-corrected chi connectivity index (χ3v) is 6.25. The highest BCUT2D eigenvalue weighted by atomic mass is 16.2. The standard InChI is InChI=1S/C20H27N3O2/c1-13-6-7-14-8-9-23(18(14)10-13)20(25)19(24)21-15-11-16-4-3-5-17(12-15)22(16)2/h6-7,10,15-17H,3-5,8-9,11-12H2,1-2H3,(H,21,24). The van der Waals surface area contributed by atoms with Crippen LogP contribution in [0.3, 0.4) is 0 Å². The predicted octanol–water partition coefficient (Wildman–Crippen LogP) is 2.02. The largest absolute Gasteiger partial charge is 0.345 e. The van der Waals surface area contributed by atoms with Gasteiger partial charge in [-0.25, -0.2) is 0 Å². The lowest BCUT2D eigenvalue weighted by atomic mass is 9.82. The van der Waals surface area contributed by atoms with Gasteiger partial charge in [0.2, 0.25) is 0 Å². The molecule has 5 nitrogen and oxygen atoms in total. The summed E-state index contributed by atoms with van der Waals surface area (Å²) in [6, 6.07) is 7.35. The van der Waals surface area contributed by atoms with Crippen LogP contribution in [-0.4, -0.2) is 48.4 Å². The smallest absolute Gasteiger partial charge is 0.316 e. The maximum atomic E-state index is 12.7. The number of nitrogens with one attached hydrogen (secondary N) is 1. The molecule has 1 N–H and O–H groups in total. The van der Waals surface area contributed by atoms with Gasteiger partial charge in [0.25, 0.3) is 0 Å². The molecule has 2 unspecified atom stereocenters. The number of fused-ring (bicyclic) bond motifs is 3. The Morgan fingerprint density at radius 2 is 1.88 bits per heavy atom. The molecule has 0 radical (unpaired) electrons. The number of hydrogen-bond donors (Lipinski definition) is 1. The summed E-state index contributed by atoms with van der Waals surface area (Å²) < 4.78 is 0. The molecule has 2 fully saturated rings. The Bertz CT molecular complexity index is 688. The number of amides is 2. The van der Waals surface area contributed by atoms with E-state index in [1.165, 1.54) is 19.3 Å². The molecule has 3 heterocycles. The zero-order chi connectivity index (χ0) is 17.6. The molecule has 2 amide bonds. The fraction of sp³-hybridized carbons (Fsp3) is 0.600. The van der Waals surface area contributed by atoms with Crippen molar-refractivity contribution in [2.75, 3.05) is 18.5 Å². The topological polar surface area (TPSA) is 52.7 Å². The van der Waals surface area contributed by atoms with Gasteiger partial charge in [-0.2, -0.15) is 0 Å². The van der Waals surface area contributed by atoms with Crippen molar-refractivity contribution in [1.82, 2.24) is 10.2 Å². The van der Waals surface area contributed by atoms with E-state index < -0.39 is 11.8 Å². The summed E-state index contributed by atoms with van der Waals surface area (Å²) in [6.07, 6.45) is 6.43. The molecule has 1 aromatic rings. The van der Waals surface area contributed by atoms with Gasteiger partial charge in [-0.15, -0.1) is 0 Å². The fourth-order valence-electron chi connectivity index (χ4n) is 4.80. The van der Waals surface area contributed by atoms with Gasteiger partial charge in [0.15, 0.2) is 0 Å². The highest BCUT2D eigenvalue weighted by Gasteiger charge is 2.38. The number of hydrogen-bond acceptors (Lipinski definition) is 3. The van der Waals surface area contributed by atoms with Crippen molar-refractivity contribution < 1.29 is 9.59 Å². The molecule has 0 saturated carbocycles. The van der Waals surface area contributed by atoms with Crippen molar-refractivity contribution >= 4 is 17.5 Å². The van der Waals surface area contributed by atoms with Gasteiger partial charge in [0.1, 0.15) is 0 Å². The van der Waals surface area contributed by atoms with Crippen LogP contribution in [0.1, 0.15) is 43.2 Å². The number of anilines is 1. The molecule has 0 aromatic heterocycles. The van der Waals surface area contributed by atoms with E-state index in [2.05, 4.69) is 29.4 Å². The van der Waals surface area contributed by atoms with Crippen molar-refractivity contribution in [1.29, 1.82) is 0 Å². The van der Waals surface area contributed by atoms with Crippen LogP contribution in [0.25, 0.3) is 0 Å². The van der Waals surface area contributed by atoms with Gasteiger partial charge < -0.3 is 15.1 Å². The number of nitrogens with zero attached hydrogens (tertiary/aromatic N) is 2. The lowest BCUT2D eigenvalue weighted by molar-refractivity contribution is -0.138. The van der Waals surface area contributed by atoms with Gasteiger partial charge >= 0.3 is 11.8 Å². The quantitative estimate of drug-likeness (QED) is 0.795. The minimum absolute atomic E-state index is 0.127. The minimum Gasteiger partial charge on any atom is -0.345 e. The second kappa shape index (κ2) is 6.45. The third kappa shape index (κ3) is 3.06. The molecular formula is C20H27N3O2. The molecule has 3 aliphatic heterocycles. The van der Waals surface area contributed by atoms with Gasteiger partial charge in [0, 0.05) is 30.4 Å². The Balaban J connectivity index is 1.42. The van der Waals surface area contributed by atoms with Crippen molar-refractivity contribution in [2.24, 2.45) is 0 Å². The average Bonchev–Trinajstić information content (AvgIpc) is 2.98. The van der Waals surface area contributed by atoms with Crippen LogP contribution in [0.5, 0.6) is 0 Å². The van der Waals surface area contributed by atoms with Gasteiger partial charge in [0.05, 0.1) is 0 Å². The molecule has 3 aliphatic rings. The van der Waals surface area contributed by atoms with Crippen molar-refractivity contribution in [3.63, 3.8) is 0 Å². The molecule has 2 atom stereocenters. The van der Waals surface area contributed by atoms with E-state index >= 15 is 0 Å². The van der Waals surface area contributed by atoms with E-state index in [1.807, 2.05) is 13.0 Å². The number of aryl methyl sites for hydroxylation is 1. The van der Waals surface area contributed by atoms with E-state index in [9.17, 15) is 9.59 Å². The summed E-state index contributed by atoms with van der Waals surface area (Å²) in [5.74, 6) is -0.851. The predicted molar refractivity (Wildman–Crippen MR) is 97.6 cm³/mol. The normalized spacial score (nSPS) is 28.6. The molecule has 0 spiro atoms. The van der Waals surface area contributed by atoms with Crippen molar-refractivity contribution in [2.45, 2.75) is 63.6 Å². The molecule has 1 aromatic carbocycles. The highest BCUT2D eigenvalue weighted by Crippen LogP contribution is 2.33. The van der Waals surface area contributed by atoms with Gasteiger partial charge in [-0.3, -0.25) is 9.59 Å². The lowest BCUT2D eigenvalue weighted by Gasteiger charge is -2.47. The van der Waals surface area contributed by atoms with E-state index in [1.54, 1.807) is 4.90 Å². The van der Waals surface area contributed by atoms with Crippen LogP contribution in [0.2, 0.25) is 0 Å². The maximum absolute atomic E-state index is 12.7. The first kappa shape index (κ1) is 16.6. The van der Waals surface area contributed by atoms with Gasteiger partial charge in [-0.1, -0.05) is 18.6 Å². The molecular weight excluding hydrogens is 314 g/mol. The van der Waals surface area contributed by atoms with Crippen LogP contribution in [0.15, 0.2) is 18.2 Å². The molecule has 25 heavy (non-hydrogen) atoms. The SMILES string of the molecule is Cc1ccc2c(c1)N(C(=O)C(=O)NC1CC3CCCC(C1)N3C)CC2. The number of carbonyl (C=O) groups excluding carboxylic acids is 2. The number of benzene rings is 1. The Labute approximate surface area is 149 Å². The first-order valence-corrected chi connectivity index (χ1v) is 9.47. The molecule has 5 heteroatoms. The Kier molecular flexibility index (Phi) is 4.28. The van der Waals surface area contributed by atoms with Crippen LogP contribution in [-0.2, 0) is 16.0 Å². The van der Waals surface area contributed by atoms with Crippen LogP contribution < -0.4 is 10.2 Å². The lowest BCUT2D eigenvalue weighted by Crippen LogP contribution is -2.56. The third-order valence-electron chi connectivity index (χ3n) is 6.25. The zero-order valence-corrected chi connectivity index (χ0v) is 15.1. The first-order valence-electron chi connectivity index (χ1n) is 9.47. The van der Waals surface area contributed by atoms with Crippen LogP contribution >= 0.6 is 0 Å². The van der Waals surface area contributed by atoms with E-state index in [-0.39, 0.29) is 6.04 Å². The highest BCUT2D eigenvalue weighted by molar-refractivity contribution is 6.40. The Hall–Kier alpha value is -1.88. The summed E-state index contributed by atoms with van der Waals surface area (Å²) in [5.41, 5.74) is 3.17. The zero-order valence-electron chi connectivity index (χ0n) is 15.1. The second-order valence-corrected chi connectivity index (χ2v) is 7.88. The Morgan fingerprint density at radius 3 is 2.60 bits per heavy atom. The van der Waals surface area contributed by atoms with Crippen molar-refractivity contribution in [3.8, 4) is 0 Å². The number of carbonyl (C=O) groups is 2. The maximum Gasteiger partial charge on any atom is 0.316 e. The monoisotopic (exact) mass is 341 g/mol. The summed E-state index contributed by atoms with van der Waals surface area (Å²) in [4.78, 5) is 29.4. The van der Waals surface area contributed by atoms with E-state index in [0.29, 0.717) is 18.6 Å². The molecule has 2 bridgehead atoms. The molecule has 4 rings (SSSR count). The number of rotatable bonds is 1. The fourth-order valence-corrected chi connectivity index (χ4v) is 4.80. The van der Waals surface area contributed by atoms with E-state index in [0.717, 1.165) is 36.1 Å². The van der Waals surface area contributed by atoms with Gasteiger partial charge in [-0.05, 0) is 63.3 Å². The Morgan fingerprint density at radius 1 is 1.16 bits per heavy atom. The van der Waals surface area contributed by atoms with E-state index in [4.69, 9.17) is 0 Å². The average molecular weight is 341 g/mol. The summed E-state index contributed by atoms with van der Waals surface area (Å²) in [6.45, 7) is 2.61. The minimum atomic E-state index is -0.443. The second-order valence-electron chi connectivity index (χ2n) is 7.88. The molecule has 2 saturated heterocycles. The molecule has 134 valence electrons. The van der Waals surface area contributed by atoms with Crippen LogP contribution in [0, 0.1) is 6.92 Å². The van der Waals surface area contributed by atoms with Crippen molar-refractivity contribution in [3.05, 3.63) is 29.3 Å². The summed E-state index contributed by atoms with van der Waals surface area (Å²) in [7, 11) is 2.20.